The molecule has 5 aromatic rings. The van der Waals surface area contributed by atoms with Crippen molar-refractivity contribution in [2.75, 3.05) is 6.61 Å². The fraction of sp³-hybridized carbons (Fsp3) is 0.466. The summed E-state index contributed by atoms with van der Waals surface area (Å²) in [5.41, 5.74) is 12.5. The molecule has 5 aromatic carbocycles. The molecule has 0 saturated heterocycles. The molecule has 0 aliphatic heterocycles. The van der Waals surface area contributed by atoms with Crippen molar-refractivity contribution in [1.29, 1.82) is 0 Å². The van der Waals surface area contributed by atoms with Gasteiger partial charge in [0.05, 0.1) is 31.5 Å². The third-order valence-corrected chi connectivity index (χ3v) is 14.4. The first kappa shape index (κ1) is 47.4. The van der Waals surface area contributed by atoms with Crippen molar-refractivity contribution in [2.45, 2.75) is 162 Å². The van der Waals surface area contributed by atoms with Crippen LogP contribution in [0.5, 0.6) is 5.75 Å². The molecular weight excluding hydrogens is 793 g/mol. The third-order valence-electron chi connectivity index (χ3n) is 14.4. The van der Waals surface area contributed by atoms with Crippen molar-refractivity contribution >= 4 is 5.97 Å². The van der Waals surface area contributed by atoms with E-state index >= 15 is 0 Å². The first-order valence-corrected chi connectivity index (χ1v) is 24.6. The second kappa shape index (κ2) is 23.0. The molecule has 340 valence electrons. The number of hydrogen-bond acceptors (Lipinski definition) is 6. The normalized spacial score (nSPS) is 18.9. The molecule has 6 heteroatoms. The average Bonchev–Trinajstić information content (AvgIpc) is 3.33. The fourth-order valence-electron chi connectivity index (χ4n) is 10.8. The zero-order chi connectivity index (χ0) is 45.0. The molecular formula is C58H72O6. The monoisotopic (exact) mass is 865 g/mol. The third kappa shape index (κ3) is 11.3. The van der Waals surface area contributed by atoms with Gasteiger partial charge >= 0.3 is 5.97 Å². The molecule has 64 heavy (non-hydrogen) atoms. The number of aliphatic hydroxyl groups excluding tert-OH is 3. The molecule has 6 nitrogen and oxygen atoms in total. The maximum Gasteiger partial charge on any atom is 0.344 e. The van der Waals surface area contributed by atoms with Crippen LogP contribution < -0.4 is 4.74 Å². The van der Waals surface area contributed by atoms with E-state index in [0.29, 0.717) is 40.4 Å². The summed E-state index contributed by atoms with van der Waals surface area (Å²) in [5, 5.41) is 32.7. The van der Waals surface area contributed by atoms with Gasteiger partial charge in [-0.25, -0.2) is 4.79 Å². The lowest BCUT2D eigenvalue weighted by Crippen LogP contribution is -2.21. The minimum atomic E-state index is -0.502. The van der Waals surface area contributed by atoms with E-state index in [-0.39, 0.29) is 19.8 Å². The molecule has 2 aliphatic carbocycles. The summed E-state index contributed by atoms with van der Waals surface area (Å²) in [4.78, 5) is 14.7. The van der Waals surface area contributed by atoms with Gasteiger partial charge in [0.15, 0.2) is 0 Å². The lowest BCUT2D eigenvalue weighted by Gasteiger charge is -2.30. The van der Waals surface area contributed by atoms with E-state index in [1.54, 1.807) is 0 Å². The average molecular weight is 865 g/mol. The van der Waals surface area contributed by atoms with Crippen LogP contribution in [0.4, 0.5) is 0 Å². The lowest BCUT2D eigenvalue weighted by atomic mass is 9.75. The number of aryl methyl sites for hydroxylation is 1. The zero-order valence-electron chi connectivity index (χ0n) is 39.0. The van der Waals surface area contributed by atoms with Crippen molar-refractivity contribution in [3.8, 4) is 39.1 Å². The Morgan fingerprint density at radius 1 is 0.609 bits per heavy atom. The predicted molar refractivity (Wildman–Crippen MR) is 261 cm³/mol. The van der Waals surface area contributed by atoms with Crippen molar-refractivity contribution in [2.24, 2.45) is 5.92 Å². The van der Waals surface area contributed by atoms with Crippen LogP contribution in [0.25, 0.3) is 33.4 Å². The summed E-state index contributed by atoms with van der Waals surface area (Å²) >= 11 is 0. The van der Waals surface area contributed by atoms with Gasteiger partial charge in [-0.15, -0.1) is 0 Å². The summed E-state index contributed by atoms with van der Waals surface area (Å²) < 4.78 is 12.3. The molecule has 0 unspecified atom stereocenters. The minimum absolute atomic E-state index is 0.0965. The van der Waals surface area contributed by atoms with Gasteiger partial charge in [0.2, 0.25) is 0 Å². The van der Waals surface area contributed by atoms with E-state index in [4.69, 9.17) is 9.47 Å². The number of carbonyl (C=O) groups is 1. The van der Waals surface area contributed by atoms with Crippen LogP contribution in [0.1, 0.15) is 172 Å². The minimum Gasteiger partial charge on any atom is -0.423 e. The highest BCUT2D eigenvalue weighted by molar-refractivity contribution is 6.02. The van der Waals surface area contributed by atoms with E-state index in [1.165, 1.54) is 49.7 Å². The Morgan fingerprint density at radius 3 is 1.77 bits per heavy atom. The SMILES string of the molecule is CCCCCC1CCC(c2ccc(-c3c(C(=O)Oc4ccc(-c5ccc(CCC)cc5)cc4)cc(-c4ccc(C5CCC(OCCC)CC5)c(CO)c4)c(CO)c3C)cc2CO)CC1. The van der Waals surface area contributed by atoms with E-state index < -0.39 is 5.97 Å². The van der Waals surface area contributed by atoms with E-state index in [2.05, 4.69) is 69.3 Å². The van der Waals surface area contributed by atoms with Crippen LogP contribution in [0.2, 0.25) is 0 Å². The summed E-state index contributed by atoms with van der Waals surface area (Å²) in [6.07, 6.45) is 17.3. The highest BCUT2D eigenvalue weighted by Gasteiger charge is 2.28. The number of unbranched alkanes of at least 4 members (excludes halogenated alkanes) is 2. The molecule has 0 spiro atoms. The quantitative estimate of drug-likeness (QED) is 0.0435. The van der Waals surface area contributed by atoms with Gasteiger partial charge < -0.3 is 24.8 Å². The topological polar surface area (TPSA) is 96.2 Å². The molecule has 0 radical (unpaired) electrons. The maximum atomic E-state index is 14.7. The van der Waals surface area contributed by atoms with Gasteiger partial charge in [-0.3, -0.25) is 0 Å². The predicted octanol–water partition coefficient (Wildman–Crippen LogP) is 14.0. The summed E-state index contributed by atoms with van der Waals surface area (Å²) in [6.45, 7) is 8.91. The number of esters is 1. The van der Waals surface area contributed by atoms with Crippen molar-refractivity contribution < 1.29 is 29.6 Å². The van der Waals surface area contributed by atoms with Crippen LogP contribution in [-0.4, -0.2) is 34.0 Å². The molecule has 0 bridgehead atoms. The highest BCUT2D eigenvalue weighted by Crippen LogP contribution is 2.44. The number of rotatable bonds is 19. The molecule has 0 aromatic heterocycles. The second-order valence-corrected chi connectivity index (χ2v) is 18.7. The Kier molecular flexibility index (Phi) is 17.1. The van der Waals surface area contributed by atoms with Gasteiger partial charge in [0.25, 0.3) is 0 Å². The number of carbonyl (C=O) groups excluding carboxylic acids is 1. The number of aliphatic hydroxyl groups is 3. The maximum absolute atomic E-state index is 14.7. The molecule has 0 heterocycles. The van der Waals surface area contributed by atoms with E-state index in [0.717, 1.165) is 120 Å². The zero-order valence-corrected chi connectivity index (χ0v) is 39.0. The van der Waals surface area contributed by atoms with Crippen LogP contribution in [-0.2, 0) is 31.0 Å². The summed E-state index contributed by atoms with van der Waals surface area (Å²) in [6, 6.07) is 30.7. The fourth-order valence-corrected chi connectivity index (χ4v) is 10.8. The van der Waals surface area contributed by atoms with Crippen molar-refractivity contribution in [3.63, 3.8) is 0 Å². The van der Waals surface area contributed by atoms with Crippen molar-refractivity contribution in [1.82, 2.24) is 0 Å². The van der Waals surface area contributed by atoms with Gasteiger partial charge in [0, 0.05) is 6.61 Å². The Hall–Kier alpha value is -4.59. The molecule has 3 N–H and O–H groups in total. The first-order chi connectivity index (χ1) is 31.3. The van der Waals surface area contributed by atoms with Gasteiger partial charge in [-0.05, 0) is 192 Å². The molecule has 2 aliphatic rings. The first-order valence-electron chi connectivity index (χ1n) is 24.6. The molecule has 0 amide bonds. The number of hydrogen-bond donors (Lipinski definition) is 3. The molecule has 7 rings (SSSR count). The van der Waals surface area contributed by atoms with E-state index in [9.17, 15) is 20.1 Å². The Bertz CT molecular complexity index is 2280. The standard InChI is InChI=1S/C58H72O6/c1-5-8-9-11-41-14-18-44(19-15-41)53-31-25-47(34-49(53)37-60)57-39(4)56(38-61)54(46-24-30-52(48(33-46)36-59)45-22-26-50(27-23-45)63-32-7-3)35-55(57)58(62)64-51-28-20-43(21-29-51)42-16-12-40(10-6-2)13-17-42/h12-13,16-17,20-21,24-25,28-31,33-35,41,44-45,50,59-61H,5-11,14-15,18-19,22-23,26-27,32,36-38H2,1-4H3. The lowest BCUT2D eigenvalue weighted by molar-refractivity contribution is 0.0250. The largest absolute Gasteiger partial charge is 0.423 e. The van der Waals surface area contributed by atoms with Gasteiger partial charge in [-0.2, -0.15) is 0 Å². The van der Waals surface area contributed by atoms with Gasteiger partial charge in [-0.1, -0.05) is 114 Å². The molecule has 2 saturated carbocycles. The molecule has 2 fully saturated rings. The Morgan fingerprint density at radius 2 is 1.19 bits per heavy atom. The molecule has 0 atom stereocenters. The van der Waals surface area contributed by atoms with Crippen LogP contribution in [0.3, 0.4) is 0 Å². The van der Waals surface area contributed by atoms with Crippen LogP contribution in [0.15, 0.2) is 91.0 Å². The Labute approximate surface area is 383 Å². The summed E-state index contributed by atoms with van der Waals surface area (Å²) in [7, 11) is 0. The van der Waals surface area contributed by atoms with Gasteiger partial charge in [0.1, 0.15) is 5.75 Å². The highest BCUT2D eigenvalue weighted by atomic mass is 16.5. The number of benzene rings is 5. The number of ether oxygens (including phenoxy) is 2. The van der Waals surface area contributed by atoms with Crippen LogP contribution in [0, 0.1) is 12.8 Å². The Balaban J connectivity index is 1.23. The van der Waals surface area contributed by atoms with E-state index in [1.807, 2.05) is 49.4 Å². The van der Waals surface area contributed by atoms with Crippen LogP contribution >= 0.6 is 0 Å². The smallest absolute Gasteiger partial charge is 0.344 e. The van der Waals surface area contributed by atoms with Crippen molar-refractivity contribution in [3.05, 3.63) is 136 Å². The summed E-state index contributed by atoms with van der Waals surface area (Å²) in [5.74, 6) is 1.45. The second-order valence-electron chi connectivity index (χ2n) is 18.7.